The Hall–Kier alpha value is -4.06. The molecule has 0 bridgehead atoms. The molecule has 1 heterocycles. The Labute approximate surface area is 199 Å². The predicted molar refractivity (Wildman–Crippen MR) is 131 cm³/mol. The van der Waals surface area contributed by atoms with Gasteiger partial charge in [-0.25, -0.2) is 0 Å². The number of carbonyl (C=O) groups is 2. The van der Waals surface area contributed by atoms with Crippen LogP contribution in [0, 0.1) is 6.92 Å². The number of para-hydroxylation sites is 2. The third-order valence-corrected chi connectivity index (χ3v) is 5.85. The van der Waals surface area contributed by atoms with Crippen molar-refractivity contribution in [1.82, 2.24) is 0 Å². The molecule has 1 fully saturated rings. The summed E-state index contributed by atoms with van der Waals surface area (Å²) in [6.45, 7) is 4.48. The van der Waals surface area contributed by atoms with Crippen molar-refractivity contribution >= 4 is 23.1 Å². The fourth-order valence-corrected chi connectivity index (χ4v) is 4.19. The molecule has 174 valence electrons. The summed E-state index contributed by atoms with van der Waals surface area (Å²) in [5, 5.41) is 11.3. The Morgan fingerprint density at radius 1 is 0.971 bits per heavy atom. The molecule has 1 amide bonds. The van der Waals surface area contributed by atoms with Gasteiger partial charge in [0.25, 0.3) is 11.7 Å². The number of aliphatic hydroxyl groups is 1. The Morgan fingerprint density at radius 3 is 2.32 bits per heavy atom. The van der Waals surface area contributed by atoms with Gasteiger partial charge in [-0.1, -0.05) is 43.3 Å². The minimum Gasteiger partial charge on any atom is -0.507 e. The van der Waals surface area contributed by atoms with Crippen LogP contribution in [-0.2, 0) is 9.59 Å². The third kappa shape index (κ3) is 4.15. The van der Waals surface area contributed by atoms with E-state index in [2.05, 4.69) is 0 Å². The number of nitrogens with zero attached hydrogens (tertiary/aromatic N) is 1. The molecule has 3 aromatic rings. The van der Waals surface area contributed by atoms with Gasteiger partial charge in [-0.15, -0.1) is 0 Å². The topological polar surface area (TPSA) is 76.1 Å². The van der Waals surface area contributed by atoms with E-state index in [0.717, 1.165) is 12.0 Å². The lowest BCUT2D eigenvalue weighted by atomic mass is 9.94. The standard InChI is InChI=1S/C28H27NO5/c1-4-17-34-20-15-13-19(14-16-20)26(30)24-25(21-10-6-8-12-23(21)33-3)29(28(32)27(24)31)22-11-7-5-9-18(22)2/h5-16,25,30H,4,17H2,1-3H3/b26-24+. The van der Waals surface area contributed by atoms with Crippen molar-refractivity contribution in [2.75, 3.05) is 18.6 Å². The molecule has 4 rings (SSSR count). The van der Waals surface area contributed by atoms with Crippen molar-refractivity contribution in [2.24, 2.45) is 0 Å². The fourth-order valence-electron chi connectivity index (χ4n) is 4.19. The first-order valence-electron chi connectivity index (χ1n) is 11.2. The van der Waals surface area contributed by atoms with Crippen molar-refractivity contribution in [3.63, 3.8) is 0 Å². The zero-order valence-corrected chi connectivity index (χ0v) is 19.4. The van der Waals surface area contributed by atoms with E-state index in [-0.39, 0.29) is 11.3 Å². The van der Waals surface area contributed by atoms with E-state index < -0.39 is 17.7 Å². The second kappa shape index (κ2) is 9.83. The van der Waals surface area contributed by atoms with Gasteiger partial charge in [-0.05, 0) is 55.3 Å². The van der Waals surface area contributed by atoms with Crippen molar-refractivity contribution < 1.29 is 24.2 Å². The zero-order valence-electron chi connectivity index (χ0n) is 19.4. The van der Waals surface area contributed by atoms with E-state index in [9.17, 15) is 14.7 Å². The first-order valence-corrected chi connectivity index (χ1v) is 11.2. The molecule has 0 spiro atoms. The van der Waals surface area contributed by atoms with E-state index in [0.29, 0.717) is 34.9 Å². The van der Waals surface area contributed by atoms with Crippen LogP contribution in [0.2, 0.25) is 0 Å². The maximum absolute atomic E-state index is 13.3. The Bertz CT molecular complexity index is 1250. The van der Waals surface area contributed by atoms with Crippen LogP contribution >= 0.6 is 0 Å². The highest BCUT2D eigenvalue weighted by Gasteiger charge is 2.48. The summed E-state index contributed by atoms with van der Waals surface area (Å²) in [4.78, 5) is 28.1. The average molecular weight is 458 g/mol. The van der Waals surface area contributed by atoms with Gasteiger partial charge in [-0.2, -0.15) is 0 Å². The fraction of sp³-hybridized carbons (Fsp3) is 0.214. The van der Waals surface area contributed by atoms with E-state index in [1.54, 1.807) is 42.5 Å². The Balaban J connectivity index is 1.90. The van der Waals surface area contributed by atoms with Gasteiger partial charge in [0, 0.05) is 16.8 Å². The number of ketones is 1. The number of hydrogen-bond donors (Lipinski definition) is 1. The van der Waals surface area contributed by atoms with Crippen molar-refractivity contribution in [3.8, 4) is 11.5 Å². The molecule has 1 N–H and O–H groups in total. The largest absolute Gasteiger partial charge is 0.507 e. The Morgan fingerprint density at radius 2 is 1.65 bits per heavy atom. The average Bonchev–Trinajstić information content (AvgIpc) is 3.13. The number of Topliss-reactive ketones (excluding diaryl/α,β-unsaturated/α-hetero) is 1. The van der Waals surface area contributed by atoms with Crippen LogP contribution in [0.25, 0.3) is 5.76 Å². The molecule has 1 unspecified atom stereocenters. The van der Waals surface area contributed by atoms with Crippen LogP contribution in [0.1, 0.15) is 36.1 Å². The third-order valence-electron chi connectivity index (χ3n) is 5.85. The minimum atomic E-state index is -0.853. The second-order valence-electron chi connectivity index (χ2n) is 8.07. The summed E-state index contributed by atoms with van der Waals surface area (Å²) in [5.41, 5.74) is 2.48. The first kappa shape index (κ1) is 23.1. The maximum atomic E-state index is 13.3. The number of rotatable bonds is 7. The molecule has 1 atom stereocenters. The molecule has 0 aliphatic carbocycles. The highest BCUT2D eigenvalue weighted by atomic mass is 16.5. The number of amides is 1. The highest BCUT2D eigenvalue weighted by molar-refractivity contribution is 6.51. The van der Waals surface area contributed by atoms with Gasteiger partial charge in [0.2, 0.25) is 0 Å². The van der Waals surface area contributed by atoms with Crippen molar-refractivity contribution in [1.29, 1.82) is 0 Å². The number of hydrogen-bond acceptors (Lipinski definition) is 5. The van der Waals surface area contributed by atoms with Crippen molar-refractivity contribution in [3.05, 3.63) is 95.1 Å². The summed E-state index contributed by atoms with van der Waals surface area (Å²) in [5.74, 6) is -0.507. The lowest BCUT2D eigenvalue weighted by molar-refractivity contribution is -0.132. The van der Waals surface area contributed by atoms with Crippen LogP contribution in [0.5, 0.6) is 11.5 Å². The molecule has 6 nitrogen and oxygen atoms in total. The summed E-state index contributed by atoms with van der Waals surface area (Å²) in [6, 6.07) is 20.5. The molecule has 1 aliphatic heterocycles. The van der Waals surface area contributed by atoms with Gasteiger partial charge < -0.3 is 14.6 Å². The van der Waals surface area contributed by atoms with Gasteiger partial charge in [0.05, 0.1) is 25.3 Å². The van der Waals surface area contributed by atoms with Crippen LogP contribution in [-0.4, -0.2) is 30.5 Å². The lowest BCUT2D eigenvalue weighted by Crippen LogP contribution is -2.30. The van der Waals surface area contributed by atoms with Gasteiger partial charge in [0.15, 0.2) is 0 Å². The molecule has 1 saturated heterocycles. The smallest absolute Gasteiger partial charge is 0.300 e. The molecule has 3 aromatic carbocycles. The summed E-state index contributed by atoms with van der Waals surface area (Å²) < 4.78 is 11.2. The number of anilines is 1. The molecule has 34 heavy (non-hydrogen) atoms. The number of ether oxygens (including phenoxy) is 2. The van der Waals surface area contributed by atoms with Gasteiger partial charge in [-0.3, -0.25) is 14.5 Å². The quantitative estimate of drug-likeness (QED) is 0.291. The normalized spacial score (nSPS) is 17.1. The van der Waals surface area contributed by atoms with Crippen LogP contribution < -0.4 is 14.4 Å². The summed E-state index contributed by atoms with van der Waals surface area (Å²) in [6.07, 6.45) is 0.878. The number of aryl methyl sites for hydroxylation is 1. The van der Waals surface area contributed by atoms with Crippen molar-refractivity contribution in [2.45, 2.75) is 26.3 Å². The van der Waals surface area contributed by atoms with E-state index in [4.69, 9.17) is 9.47 Å². The molecule has 1 aliphatic rings. The van der Waals surface area contributed by atoms with E-state index >= 15 is 0 Å². The van der Waals surface area contributed by atoms with E-state index in [1.807, 2.05) is 44.2 Å². The van der Waals surface area contributed by atoms with Crippen LogP contribution in [0.3, 0.4) is 0 Å². The molecule has 0 saturated carbocycles. The number of aliphatic hydroxyl groups excluding tert-OH is 1. The predicted octanol–water partition coefficient (Wildman–Crippen LogP) is 5.42. The van der Waals surface area contributed by atoms with Crippen LogP contribution in [0.15, 0.2) is 78.4 Å². The zero-order chi connectivity index (χ0) is 24.2. The van der Waals surface area contributed by atoms with Crippen LogP contribution in [0.4, 0.5) is 5.69 Å². The molecule has 0 radical (unpaired) electrons. The molecular weight excluding hydrogens is 430 g/mol. The SMILES string of the molecule is CCCOc1ccc(/C(O)=C2\C(=O)C(=O)N(c3ccccc3C)C2c2ccccc2OC)cc1. The maximum Gasteiger partial charge on any atom is 0.300 e. The monoisotopic (exact) mass is 457 g/mol. The second-order valence-corrected chi connectivity index (χ2v) is 8.07. The van der Waals surface area contributed by atoms with E-state index in [1.165, 1.54) is 12.0 Å². The van der Waals surface area contributed by atoms with Gasteiger partial charge >= 0.3 is 0 Å². The minimum absolute atomic E-state index is 0.0139. The van der Waals surface area contributed by atoms with Gasteiger partial charge in [0.1, 0.15) is 17.3 Å². The lowest BCUT2D eigenvalue weighted by Gasteiger charge is -2.27. The number of methoxy groups -OCH3 is 1. The Kier molecular flexibility index (Phi) is 6.68. The molecule has 0 aromatic heterocycles. The molecule has 6 heteroatoms. The summed E-state index contributed by atoms with van der Waals surface area (Å²) in [7, 11) is 1.54. The summed E-state index contributed by atoms with van der Waals surface area (Å²) >= 11 is 0. The number of benzene rings is 3. The first-order chi connectivity index (χ1) is 16.5. The molecular formula is C28H27NO5. The highest BCUT2D eigenvalue weighted by Crippen LogP contribution is 2.45. The number of carbonyl (C=O) groups excluding carboxylic acids is 2.